The molecule has 0 heterocycles. The average Bonchev–Trinajstić information content (AvgIpc) is 2.50. The summed E-state index contributed by atoms with van der Waals surface area (Å²) in [6.45, 7) is 1.32. The Morgan fingerprint density at radius 3 is 1.50 bits per heavy atom. The summed E-state index contributed by atoms with van der Waals surface area (Å²) >= 11 is 0. The first kappa shape index (κ1) is 20.8. The lowest BCUT2D eigenvalue weighted by Gasteiger charge is -2.07. The lowest BCUT2D eigenvalue weighted by Crippen LogP contribution is -2.29. The summed E-state index contributed by atoms with van der Waals surface area (Å²) in [5, 5.41) is 22.4. The molecule has 0 radical (unpaired) electrons. The predicted octanol–water partition coefficient (Wildman–Crippen LogP) is -1.20. The van der Waals surface area contributed by atoms with Gasteiger partial charge >= 0.3 is 0 Å². The summed E-state index contributed by atoms with van der Waals surface area (Å²) in [5.41, 5.74) is 0. The van der Waals surface area contributed by atoms with Crippen LogP contribution in [-0.2, 0) is 19.1 Å². The van der Waals surface area contributed by atoms with Crippen molar-refractivity contribution in [2.24, 2.45) is 0 Å². The minimum Gasteiger partial charge on any atom is -0.394 e. The molecule has 0 aromatic carbocycles. The van der Waals surface area contributed by atoms with Crippen molar-refractivity contribution in [2.45, 2.75) is 25.7 Å². The molecule has 8 heteroatoms. The van der Waals surface area contributed by atoms with Gasteiger partial charge in [0, 0.05) is 13.1 Å². The smallest absolute Gasteiger partial charge is 0.245 e. The van der Waals surface area contributed by atoms with E-state index >= 15 is 0 Å². The maximum absolute atomic E-state index is 11.2. The highest BCUT2D eigenvalue weighted by atomic mass is 16.5. The van der Waals surface area contributed by atoms with Gasteiger partial charge in [0.1, 0.15) is 13.2 Å². The molecule has 0 aromatic heterocycles. The zero-order valence-electron chi connectivity index (χ0n) is 13.0. The van der Waals surface area contributed by atoms with Crippen LogP contribution in [0.25, 0.3) is 0 Å². The van der Waals surface area contributed by atoms with Gasteiger partial charge < -0.3 is 30.3 Å². The van der Waals surface area contributed by atoms with Crippen molar-refractivity contribution in [3.8, 4) is 0 Å². The quantitative estimate of drug-likeness (QED) is 0.282. The lowest BCUT2D eigenvalue weighted by atomic mass is 10.2. The molecule has 4 N–H and O–H groups in total. The van der Waals surface area contributed by atoms with Crippen LogP contribution in [0.3, 0.4) is 0 Å². The molecule has 0 aliphatic rings. The molecule has 0 saturated carbocycles. The number of amides is 2. The monoisotopic (exact) mass is 320 g/mol. The van der Waals surface area contributed by atoms with Crippen molar-refractivity contribution >= 4 is 11.8 Å². The number of carbonyl (C=O) groups is 2. The first-order chi connectivity index (χ1) is 10.7. The molecule has 130 valence electrons. The Morgan fingerprint density at radius 2 is 1.14 bits per heavy atom. The van der Waals surface area contributed by atoms with E-state index in [9.17, 15) is 9.59 Å². The van der Waals surface area contributed by atoms with Gasteiger partial charge in [0.25, 0.3) is 0 Å². The first-order valence-corrected chi connectivity index (χ1v) is 7.61. The predicted molar refractivity (Wildman–Crippen MR) is 80.3 cm³/mol. The normalized spacial score (nSPS) is 10.5. The van der Waals surface area contributed by atoms with Gasteiger partial charge in [0.05, 0.1) is 26.4 Å². The van der Waals surface area contributed by atoms with Gasteiger partial charge in [-0.3, -0.25) is 9.59 Å². The summed E-state index contributed by atoms with van der Waals surface area (Å²) in [5.74, 6) is -0.354. The number of aliphatic hydroxyl groups is 2. The molecular formula is C14H28N2O6. The van der Waals surface area contributed by atoms with Crippen LogP contribution in [0.15, 0.2) is 0 Å². The van der Waals surface area contributed by atoms with Gasteiger partial charge in [-0.25, -0.2) is 0 Å². The molecule has 0 aliphatic heterocycles. The third-order valence-electron chi connectivity index (χ3n) is 2.69. The van der Waals surface area contributed by atoms with Gasteiger partial charge in [0.2, 0.25) is 11.8 Å². The molecule has 0 spiro atoms. The Kier molecular flexibility index (Phi) is 15.3. The highest BCUT2D eigenvalue weighted by molar-refractivity contribution is 5.77. The largest absolute Gasteiger partial charge is 0.394 e. The van der Waals surface area contributed by atoms with Crippen molar-refractivity contribution in [1.29, 1.82) is 0 Å². The van der Waals surface area contributed by atoms with Gasteiger partial charge in [-0.1, -0.05) is 12.8 Å². The average molecular weight is 320 g/mol. The number of aliphatic hydroxyl groups excluding tert-OH is 2. The topological polar surface area (TPSA) is 117 Å². The Hall–Kier alpha value is -1.22. The second-order valence-corrected chi connectivity index (χ2v) is 4.67. The maximum atomic E-state index is 11.2. The van der Waals surface area contributed by atoms with Gasteiger partial charge in [-0.2, -0.15) is 0 Å². The Balaban J connectivity index is 3.23. The third-order valence-corrected chi connectivity index (χ3v) is 2.69. The summed E-state index contributed by atoms with van der Waals surface area (Å²) in [4.78, 5) is 22.5. The number of hydrogen-bond donors (Lipinski definition) is 4. The Bertz CT molecular complexity index is 261. The van der Waals surface area contributed by atoms with E-state index in [0.29, 0.717) is 13.1 Å². The van der Waals surface area contributed by atoms with E-state index in [4.69, 9.17) is 19.7 Å². The molecular weight excluding hydrogens is 292 g/mol. The number of rotatable bonds is 15. The van der Waals surface area contributed by atoms with Crippen molar-refractivity contribution in [1.82, 2.24) is 10.6 Å². The molecule has 0 unspecified atom stereocenters. The standard InChI is InChI=1S/C14H28N2O6/c17-7-9-21-11-13(19)15-5-3-1-2-4-6-16-14(20)12-22-10-8-18/h17-18H,1-12H2,(H,15,19)(H,16,20). The van der Waals surface area contributed by atoms with Crippen molar-refractivity contribution in [2.75, 3.05) is 52.7 Å². The SMILES string of the molecule is O=C(COCCO)NCCCCCCNC(=O)COCCO. The van der Waals surface area contributed by atoms with E-state index in [-0.39, 0.29) is 51.5 Å². The maximum Gasteiger partial charge on any atom is 0.245 e. The van der Waals surface area contributed by atoms with Crippen LogP contribution in [0.5, 0.6) is 0 Å². The second-order valence-electron chi connectivity index (χ2n) is 4.67. The second kappa shape index (κ2) is 16.2. The van der Waals surface area contributed by atoms with Gasteiger partial charge in [0.15, 0.2) is 0 Å². The Labute approximate surface area is 131 Å². The van der Waals surface area contributed by atoms with E-state index in [0.717, 1.165) is 25.7 Å². The molecule has 2 amide bonds. The van der Waals surface area contributed by atoms with Gasteiger partial charge in [-0.05, 0) is 12.8 Å². The van der Waals surface area contributed by atoms with E-state index in [1.165, 1.54) is 0 Å². The van der Waals surface area contributed by atoms with Crippen molar-refractivity contribution in [3.05, 3.63) is 0 Å². The minimum absolute atomic E-state index is 0.0229. The van der Waals surface area contributed by atoms with Crippen molar-refractivity contribution < 1.29 is 29.3 Å². The van der Waals surface area contributed by atoms with E-state index in [1.807, 2.05) is 0 Å². The molecule has 8 nitrogen and oxygen atoms in total. The van der Waals surface area contributed by atoms with Crippen LogP contribution < -0.4 is 10.6 Å². The van der Waals surface area contributed by atoms with E-state index in [1.54, 1.807) is 0 Å². The zero-order valence-corrected chi connectivity index (χ0v) is 13.0. The molecule has 0 atom stereocenters. The molecule has 0 bridgehead atoms. The number of hydrogen-bond acceptors (Lipinski definition) is 6. The van der Waals surface area contributed by atoms with Crippen LogP contribution in [-0.4, -0.2) is 74.8 Å². The molecule has 0 saturated heterocycles. The van der Waals surface area contributed by atoms with E-state index < -0.39 is 0 Å². The summed E-state index contributed by atoms with van der Waals surface area (Å²) in [6.07, 6.45) is 3.68. The highest BCUT2D eigenvalue weighted by Gasteiger charge is 2.01. The molecule has 0 rings (SSSR count). The van der Waals surface area contributed by atoms with Crippen LogP contribution in [0.1, 0.15) is 25.7 Å². The van der Waals surface area contributed by atoms with Crippen LogP contribution in [0, 0.1) is 0 Å². The minimum atomic E-state index is -0.177. The Morgan fingerprint density at radius 1 is 0.727 bits per heavy atom. The highest BCUT2D eigenvalue weighted by Crippen LogP contribution is 1.97. The van der Waals surface area contributed by atoms with Crippen LogP contribution in [0.2, 0.25) is 0 Å². The number of ether oxygens (including phenoxy) is 2. The lowest BCUT2D eigenvalue weighted by molar-refractivity contribution is -0.126. The third kappa shape index (κ3) is 15.2. The number of unbranched alkanes of at least 4 members (excludes halogenated alkanes) is 3. The van der Waals surface area contributed by atoms with Crippen LogP contribution in [0.4, 0.5) is 0 Å². The molecule has 0 aromatic rings. The zero-order chi connectivity index (χ0) is 16.5. The first-order valence-electron chi connectivity index (χ1n) is 7.61. The fourth-order valence-corrected chi connectivity index (χ4v) is 1.62. The fraction of sp³-hybridized carbons (Fsp3) is 0.857. The summed E-state index contributed by atoms with van der Waals surface area (Å²) in [6, 6.07) is 0. The van der Waals surface area contributed by atoms with Crippen LogP contribution >= 0.6 is 0 Å². The van der Waals surface area contributed by atoms with Gasteiger partial charge in [-0.15, -0.1) is 0 Å². The number of carbonyl (C=O) groups excluding carboxylic acids is 2. The molecule has 0 fully saturated rings. The number of nitrogens with one attached hydrogen (secondary N) is 2. The fourth-order valence-electron chi connectivity index (χ4n) is 1.62. The molecule has 22 heavy (non-hydrogen) atoms. The molecule has 0 aliphatic carbocycles. The van der Waals surface area contributed by atoms with Crippen molar-refractivity contribution in [3.63, 3.8) is 0 Å². The van der Waals surface area contributed by atoms with E-state index in [2.05, 4.69) is 10.6 Å². The summed E-state index contributed by atoms with van der Waals surface area (Å²) < 4.78 is 9.77. The summed E-state index contributed by atoms with van der Waals surface area (Å²) in [7, 11) is 0.